The van der Waals surface area contributed by atoms with E-state index in [9.17, 15) is 4.79 Å². The molecule has 0 aromatic heterocycles. The van der Waals surface area contributed by atoms with Crippen LogP contribution in [0.4, 0.5) is 11.4 Å². The number of piperidine rings is 1. The molecule has 0 bridgehead atoms. The first-order chi connectivity index (χ1) is 11.0. The summed E-state index contributed by atoms with van der Waals surface area (Å²) < 4.78 is 0. The Bertz CT molecular complexity index is 588. The number of benzene rings is 1. The topological polar surface area (TPSA) is 58.4 Å². The maximum absolute atomic E-state index is 12.6. The fourth-order valence-corrected chi connectivity index (χ4v) is 3.94. The summed E-state index contributed by atoms with van der Waals surface area (Å²) in [4.78, 5) is 15.0. The first-order valence-electron chi connectivity index (χ1n) is 8.63. The van der Waals surface area contributed by atoms with Crippen LogP contribution >= 0.6 is 24.0 Å². The summed E-state index contributed by atoms with van der Waals surface area (Å²) in [7, 11) is 0. The lowest BCUT2D eigenvalue weighted by Gasteiger charge is -2.34. The number of carbonyl (C=O) groups excluding carboxylic acids is 1. The van der Waals surface area contributed by atoms with E-state index in [1.165, 1.54) is 12.8 Å². The quantitative estimate of drug-likeness (QED) is 0.836. The Morgan fingerprint density at radius 2 is 2.04 bits per heavy atom. The number of halogens is 2. The maximum Gasteiger partial charge on any atom is 0.244 e. The highest BCUT2D eigenvalue weighted by molar-refractivity contribution is 6.31. The largest absolute Gasteiger partial charge is 0.370 e. The van der Waals surface area contributed by atoms with Crippen LogP contribution in [0.2, 0.25) is 5.02 Å². The van der Waals surface area contributed by atoms with E-state index in [1.807, 2.05) is 18.2 Å². The van der Waals surface area contributed by atoms with Crippen molar-refractivity contribution >= 4 is 41.3 Å². The van der Waals surface area contributed by atoms with Crippen molar-refractivity contribution in [2.75, 3.05) is 23.3 Å². The second-order valence-corrected chi connectivity index (χ2v) is 7.61. The van der Waals surface area contributed by atoms with Gasteiger partial charge in [-0.15, -0.1) is 12.4 Å². The summed E-state index contributed by atoms with van der Waals surface area (Å²) in [6.07, 6.45) is 6.01. The van der Waals surface area contributed by atoms with E-state index in [4.69, 9.17) is 17.3 Å². The van der Waals surface area contributed by atoms with E-state index in [2.05, 4.69) is 17.1 Å². The van der Waals surface area contributed by atoms with Crippen LogP contribution in [-0.4, -0.2) is 24.5 Å². The van der Waals surface area contributed by atoms with E-state index in [0.29, 0.717) is 10.9 Å². The summed E-state index contributed by atoms with van der Waals surface area (Å²) in [6, 6.07) is 5.74. The lowest BCUT2D eigenvalue weighted by molar-refractivity contribution is -0.120. The molecule has 1 heterocycles. The van der Waals surface area contributed by atoms with E-state index in [-0.39, 0.29) is 18.3 Å². The highest BCUT2D eigenvalue weighted by Gasteiger charge is 2.37. The van der Waals surface area contributed by atoms with E-state index < -0.39 is 5.54 Å². The van der Waals surface area contributed by atoms with Gasteiger partial charge in [-0.1, -0.05) is 31.4 Å². The van der Waals surface area contributed by atoms with Crippen LogP contribution in [0, 0.1) is 5.92 Å². The predicted octanol–water partition coefficient (Wildman–Crippen LogP) is 4.21. The lowest BCUT2D eigenvalue weighted by atomic mass is 9.97. The van der Waals surface area contributed by atoms with Crippen LogP contribution in [-0.2, 0) is 4.79 Å². The van der Waals surface area contributed by atoms with Gasteiger partial charge in [0.25, 0.3) is 0 Å². The van der Waals surface area contributed by atoms with Gasteiger partial charge in [0.05, 0.1) is 16.9 Å². The molecule has 1 aromatic rings. The number of nitrogens with two attached hydrogens (primary N) is 1. The number of amides is 1. The minimum absolute atomic E-state index is 0. The number of nitrogens with zero attached hydrogens (tertiary/aromatic N) is 1. The Labute approximate surface area is 155 Å². The third-order valence-electron chi connectivity index (χ3n) is 5.15. The number of carbonyl (C=O) groups is 1. The third kappa shape index (κ3) is 4.16. The maximum atomic E-state index is 12.6. The molecule has 0 radical (unpaired) electrons. The number of nitrogens with one attached hydrogen (secondary N) is 1. The van der Waals surface area contributed by atoms with Gasteiger partial charge >= 0.3 is 0 Å². The zero-order chi connectivity index (χ0) is 16.4. The van der Waals surface area contributed by atoms with Gasteiger partial charge in [-0.25, -0.2) is 0 Å². The summed E-state index contributed by atoms with van der Waals surface area (Å²) in [5.41, 5.74) is 7.39. The molecule has 134 valence electrons. The molecular formula is C18H27Cl2N3O. The minimum Gasteiger partial charge on any atom is -0.370 e. The van der Waals surface area contributed by atoms with Crippen molar-refractivity contribution in [3.05, 3.63) is 23.2 Å². The second-order valence-electron chi connectivity index (χ2n) is 7.17. The molecule has 3 rings (SSSR count). The summed E-state index contributed by atoms with van der Waals surface area (Å²) >= 11 is 6.16. The first kappa shape index (κ1) is 19.4. The SMILES string of the molecule is CC1CCCN(c2ccc(Cl)cc2NC(=O)C2(N)CCCC2)C1.Cl. The summed E-state index contributed by atoms with van der Waals surface area (Å²) in [6.45, 7) is 4.30. The fourth-order valence-electron chi connectivity index (χ4n) is 3.77. The molecule has 1 aliphatic heterocycles. The van der Waals surface area contributed by atoms with Gasteiger partial charge in [-0.05, 0) is 49.8 Å². The van der Waals surface area contributed by atoms with Crippen LogP contribution in [0.3, 0.4) is 0 Å². The normalized spacial score (nSPS) is 22.8. The zero-order valence-corrected chi connectivity index (χ0v) is 15.8. The van der Waals surface area contributed by atoms with E-state index in [1.54, 1.807) is 0 Å². The smallest absolute Gasteiger partial charge is 0.244 e. The van der Waals surface area contributed by atoms with Crippen molar-refractivity contribution in [1.82, 2.24) is 0 Å². The molecule has 1 aliphatic carbocycles. The Morgan fingerprint density at radius 1 is 1.33 bits per heavy atom. The van der Waals surface area contributed by atoms with Crippen LogP contribution in [0.15, 0.2) is 18.2 Å². The average molecular weight is 372 g/mol. The van der Waals surface area contributed by atoms with Crippen molar-refractivity contribution in [2.45, 2.75) is 51.0 Å². The molecule has 24 heavy (non-hydrogen) atoms. The molecule has 1 saturated carbocycles. The van der Waals surface area contributed by atoms with Gasteiger partial charge in [0.15, 0.2) is 0 Å². The van der Waals surface area contributed by atoms with Gasteiger partial charge in [0, 0.05) is 18.1 Å². The molecule has 2 aliphatic rings. The average Bonchev–Trinajstić information content (AvgIpc) is 2.95. The summed E-state index contributed by atoms with van der Waals surface area (Å²) in [5.74, 6) is 0.585. The van der Waals surface area contributed by atoms with Crippen molar-refractivity contribution in [3.8, 4) is 0 Å². The molecule has 4 nitrogen and oxygen atoms in total. The van der Waals surface area contributed by atoms with Gasteiger partial charge in [-0.2, -0.15) is 0 Å². The Kier molecular flexibility index (Phi) is 6.40. The Balaban J connectivity index is 0.00000208. The highest BCUT2D eigenvalue weighted by Crippen LogP contribution is 2.34. The Hall–Kier alpha value is -0.970. The van der Waals surface area contributed by atoms with Gasteiger partial charge in [-0.3, -0.25) is 4.79 Å². The van der Waals surface area contributed by atoms with Crippen molar-refractivity contribution in [1.29, 1.82) is 0 Å². The molecule has 1 amide bonds. The van der Waals surface area contributed by atoms with E-state index in [0.717, 1.165) is 50.1 Å². The standard InChI is InChI=1S/C18H26ClN3O.ClH/c1-13-5-4-10-22(12-13)16-7-6-14(19)11-15(16)21-17(23)18(20)8-2-3-9-18;/h6-7,11,13H,2-5,8-10,12,20H2,1H3,(H,21,23);1H. The molecule has 1 aromatic carbocycles. The molecule has 0 spiro atoms. The van der Waals surface area contributed by atoms with Crippen molar-refractivity contribution in [2.24, 2.45) is 11.7 Å². The molecule has 1 atom stereocenters. The number of hydrogen-bond donors (Lipinski definition) is 2. The van der Waals surface area contributed by atoms with Gasteiger partial charge in [0.2, 0.25) is 5.91 Å². The zero-order valence-electron chi connectivity index (χ0n) is 14.2. The number of anilines is 2. The molecule has 2 fully saturated rings. The summed E-state index contributed by atoms with van der Waals surface area (Å²) in [5, 5.41) is 3.69. The van der Waals surface area contributed by atoms with Gasteiger partial charge in [0.1, 0.15) is 0 Å². The molecule has 6 heteroatoms. The van der Waals surface area contributed by atoms with Crippen LogP contribution in [0.5, 0.6) is 0 Å². The first-order valence-corrected chi connectivity index (χ1v) is 9.00. The Morgan fingerprint density at radius 3 is 2.71 bits per heavy atom. The van der Waals surface area contributed by atoms with E-state index >= 15 is 0 Å². The molecule has 1 unspecified atom stereocenters. The third-order valence-corrected chi connectivity index (χ3v) is 5.39. The van der Waals surface area contributed by atoms with Gasteiger partial charge < -0.3 is 16.0 Å². The highest BCUT2D eigenvalue weighted by atomic mass is 35.5. The van der Waals surface area contributed by atoms with Crippen LogP contribution in [0.1, 0.15) is 45.4 Å². The van der Waals surface area contributed by atoms with Crippen LogP contribution < -0.4 is 16.0 Å². The molecule has 1 saturated heterocycles. The lowest BCUT2D eigenvalue weighted by Crippen LogP contribution is -2.49. The van der Waals surface area contributed by atoms with Crippen LogP contribution in [0.25, 0.3) is 0 Å². The minimum atomic E-state index is -0.727. The fraction of sp³-hybridized carbons (Fsp3) is 0.611. The number of hydrogen-bond acceptors (Lipinski definition) is 3. The predicted molar refractivity (Wildman–Crippen MR) is 103 cm³/mol. The second kappa shape index (κ2) is 7.94. The van der Waals surface area contributed by atoms with Crippen molar-refractivity contribution < 1.29 is 4.79 Å². The molecule has 3 N–H and O–H groups in total. The molecular weight excluding hydrogens is 345 g/mol. The number of rotatable bonds is 3. The monoisotopic (exact) mass is 371 g/mol. The van der Waals surface area contributed by atoms with Crippen molar-refractivity contribution in [3.63, 3.8) is 0 Å².